The summed E-state index contributed by atoms with van der Waals surface area (Å²) in [5, 5.41) is 11.6. The molecule has 0 saturated heterocycles. The Morgan fingerprint density at radius 3 is 2.80 bits per heavy atom. The highest BCUT2D eigenvalue weighted by Crippen LogP contribution is 2.40. The van der Waals surface area contributed by atoms with Gasteiger partial charge in [0.15, 0.2) is 14.2 Å². The summed E-state index contributed by atoms with van der Waals surface area (Å²) in [6, 6.07) is 6.92. The van der Waals surface area contributed by atoms with E-state index in [0.717, 1.165) is 30.7 Å². The van der Waals surface area contributed by atoms with Crippen LogP contribution in [0.25, 0.3) is 21.3 Å². The third-order valence-electron chi connectivity index (χ3n) is 3.43. The first-order chi connectivity index (χ1) is 12.0. The highest BCUT2D eigenvalue weighted by Gasteiger charge is 2.16. The minimum absolute atomic E-state index is 0.291. The third kappa shape index (κ3) is 3.30. The lowest BCUT2D eigenvalue weighted by Gasteiger charge is -2.05. The third-order valence-corrected chi connectivity index (χ3v) is 7.21. The molecule has 0 bridgehead atoms. The molecule has 0 aliphatic carbocycles. The second-order valence-corrected chi connectivity index (χ2v) is 10.1. The topological polar surface area (TPSA) is 85.7 Å². The first-order valence-corrected chi connectivity index (χ1v) is 11.5. The van der Waals surface area contributed by atoms with E-state index >= 15 is 0 Å². The highest BCUT2D eigenvalue weighted by atomic mass is 32.2. The Kier molecular flexibility index (Phi) is 4.28. The van der Waals surface area contributed by atoms with Gasteiger partial charge in [0, 0.05) is 17.2 Å². The first kappa shape index (κ1) is 16.6. The van der Waals surface area contributed by atoms with Gasteiger partial charge in [-0.25, -0.2) is 18.4 Å². The van der Waals surface area contributed by atoms with Crippen molar-refractivity contribution in [2.24, 2.45) is 0 Å². The Balaban J connectivity index is 1.89. The fourth-order valence-electron chi connectivity index (χ4n) is 2.32. The molecule has 25 heavy (non-hydrogen) atoms. The second-order valence-electron chi connectivity index (χ2n) is 5.12. The van der Waals surface area contributed by atoms with Crippen molar-refractivity contribution in [2.75, 3.05) is 6.26 Å². The lowest BCUT2D eigenvalue weighted by Crippen LogP contribution is -1.96. The molecule has 3 aromatic heterocycles. The van der Waals surface area contributed by atoms with E-state index in [9.17, 15) is 8.42 Å². The average molecular weight is 407 g/mol. The van der Waals surface area contributed by atoms with Crippen molar-refractivity contribution in [3.8, 4) is 11.1 Å². The van der Waals surface area contributed by atoms with Crippen molar-refractivity contribution in [3.63, 3.8) is 0 Å². The fourth-order valence-corrected chi connectivity index (χ4v) is 5.47. The molecular weight excluding hydrogens is 396 g/mol. The Morgan fingerprint density at radius 1 is 1.16 bits per heavy atom. The molecule has 6 nitrogen and oxygen atoms in total. The average Bonchev–Trinajstić information content (AvgIpc) is 3.24. The van der Waals surface area contributed by atoms with Gasteiger partial charge >= 0.3 is 0 Å². The predicted molar refractivity (Wildman–Crippen MR) is 100.0 cm³/mol. The van der Waals surface area contributed by atoms with E-state index in [1.807, 2.05) is 11.4 Å². The van der Waals surface area contributed by atoms with Gasteiger partial charge in [-0.15, -0.1) is 21.5 Å². The van der Waals surface area contributed by atoms with Crippen LogP contribution >= 0.6 is 34.4 Å². The number of benzene rings is 1. The zero-order valence-electron chi connectivity index (χ0n) is 12.8. The summed E-state index contributed by atoms with van der Waals surface area (Å²) >= 11 is 4.37. The number of rotatable bonds is 4. The van der Waals surface area contributed by atoms with Gasteiger partial charge < -0.3 is 0 Å². The number of thiophene rings is 1. The van der Waals surface area contributed by atoms with Gasteiger partial charge in [-0.3, -0.25) is 0 Å². The van der Waals surface area contributed by atoms with Crippen LogP contribution in [-0.2, 0) is 9.84 Å². The van der Waals surface area contributed by atoms with Gasteiger partial charge in [-0.05, 0) is 29.5 Å². The number of sulfone groups is 1. The summed E-state index contributed by atoms with van der Waals surface area (Å²) in [6.45, 7) is 0. The normalized spacial score (nSPS) is 11.9. The van der Waals surface area contributed by atoms with Crippen LogP contribution in [0.5, 0.6) is 0 Å². The molecule has 0 fully saturated rings. The maximum absolute atomic E-state index is 11.9. The molecule has 0 amide bonds. The van der Waals surface area contributed by atoms with Crippen LogP contribution in [0.2, 0.25) is 0 Å². The van der Waals surface area contributed by atoms with Crippen LogP contribution < -0.4 is 0 Å². The second kappa shape index (κ2) is 6.45. The minimum atomic E-state index is -3.27. The highest BCUT2D eigenvalue weighted by molar-refractivity contribution is 8.01. The molecule has 0 saturated carbocycles. The van der Waals surface area contributed by atoms with Crippen molar-refractivity contribution in [2.45, 2.75) is 14.3 Å². The lowest BCUT2D eigenvalue weighted by atomic mass is 10.1. The number of hydrogen-bond donors (Lipinski definition) is 0. The summed E-state index contributed by atoms with van der Waals surface area (Å²) in [5.41, 5.74) is 3.41. The Bertz CT molecular complexity index is 1150. The van der Waals surface area contributed by atoms with Gasteiger partial charge in [-0.1, -0.05) is 23.5 Å². The Morgan fingerprint density at radius 2 is 2.04 bits per heavy atom. The summed E-state index contributed by atoms with van der Waals surface area (Å²) in [5.74, 6) is 0. The SMILES string of the molecule is CS(=O)(=O)c1cccc(-c2csc3ncnc(Sc4nncs4)c23)c1. The largest absolute Gasteiger partial charge is 0.229 e. The van der Waals surface area contributed by atoms with Gasteiger partial charge in [0.25, 0.3) is 0 Å². The van der Waals surface area contributed by atoms with Gasteiger partial charge in [0.2, 0.25) is 0 Å². The van der Waals surface area contributed by atoms with Crippen LogP contribution in [0, 0.1) is 0 Å². The molecule has 4 aromatic rings. The van der Waals surface area contributed by atoms with E-state index in [0.29, 0.717) is 4.90 Å². The molecular formula is C15H10N4O2S4. The van der Waals surface area contributed by atoms with E-state index in [2.05, 4.69) is 20.2 Å². The van der Waals surface area contributed by atoms with E-state index in [1.165, 1.54) is 47.0 Å². The lowest BCUT2D eigenvalue weighted by molar-refractivity contribution is 0.602. The Labute approximate surface area is 155 Å². The van der Waals surface area contributed by atoms with Crippen molar-refractivity contribution < 1.29 is 8.42 Å². The van der Waals surface area contributed by atoms with Crippen molar-refractivity contribution >= 4 is 54.5 Å². The predicted octanol–water partition coefficient (Wildman–Crippen LogP) is 3.76. The van der Waals surface area contributed by atoms with Crippen LogP contribution in [0.4, 0.5) is 0 Å². The van der Waals surface area contributed by atoms with Crippen molar-refractivity contribution in [1.29, 1.82) is 0 Å². The molecule has 0 radical (unpaired) electrons. The maximum Gasteiger partial charge on any atom is 0.180 e. The molecule has 0 spiro atoms. The van der Waals surface area contributed by atoms with Crippen LogP contribution in [-0.4, -0.2) is 34.8 Å². The van der Waals surface area contributed by atoms with E-state index in [1.54, 1.807) is 23.7 Å². The first-order valence-electron chi connectivity index (χ1n) is 6.99. The molecule has 0 unspecified atom stereocenters. The fraction of sp³-hybridized carbons (Fsp3) is 0.0667. The molecule has 126 valence electrons. The Hall–Kier alpha value is -1.88. The maximum atomic E-state index is 11.9. The summed E-state index contributed by atoms with van der Waals surface area (Å²) in [6.07, 6.45) is 2.73. The smallest absolute Gasteiger partial charge is 0.180 e. The van der Waals surface area contributed by atoms with Crippen molar-refractivity contribution in [3.05, 3.63) is 41.5 Å². The quantitative estimate of drug-likeness (QED) is 0.477. The molecule has 1 aromatic carbocycles. The molecule has 3 heterocycles. The molecule has 0 atom stereocenters. The number of nitrogens with zero attached hydrogens (tertiary/aromatic N) is 4. The number of hydrogen-bond acceptors (Lipinski definition) is 9. The zero-order valence-corrected chi connectivity index (χ0v) is 16.0. The minimum Gasteiger partial charge on any atom is -0.229 e. The van der Waals surface area contributed by atoms with Gasteiger partial charge in [0.1, 0.15) is 21.7 Å². The van der Waals surface area contributed by atoms with Crippen LogP contribution in [0.3, 0.4) is 0 Å². The van der Waals surface area contributed by atoms with E-state index < -0.39 is 9.84 Å². The van der Waals surface area contributed by atoms with Gasteiger partial charge in [-0.2, -0.15) is 0 Å². The molecule has 0 N–H and O–H groups in total. The number of aromatic nitrogens is 4. The van der Waals surface area contributed by atoms with Gasteiger partial charge in [0.05, 0.1) is 10.3 Å². The molecule has 4 rings (SSSR count). The van der Waals surface area contributed by atoms with E-state index in [4.69, 9.17) is 0 Å². The molecule has 0 aliphatic heterocycles. The zero-order chi connectivity index (χ0) is 17.4. The summed E-state index contributed by atoms with van der Waals surface area (Å²) in [4.78, 5) is 9.86. The summed E-state index contributed by atoms with van der Waals surface area (Å²) in [7, 11) is -3.27. The number of fused-ring (bicyclic) bond motifs is 1. The van der Waals surface area contributed by atoms with E-state index in [-0.39, 0.29) is 0 Å². The van der Waals surface area contributed by atoms with Crippen LogP contribution in [0.15, 0.2) is 55.7 Å². The monoisotopic (exact) mass is 406 g/mol. The summed E-state index contributed by atoms with van der Waals surface area (Å²) < 4.78 is 24.5. The molecule has 10 heteroatoms. The molecule has 0 aliphatic rings. The van der Waals surface area contributed by atoms with Crippen molar-refractivity contribution in [1.82, 2.24) is 20.2 Å². The van der Waals surface area contributed by atoms with Crippen LogP contribution in [0.1, 0.15) is 0 Å². The standard InChI is InChI=1S/C15H10N4O2S4/c1-25(20,21)10-4-2-3-9(5-10)11-6-22-13-12(11)14(17-7-16-13)24-15-19-18-8-23-15/h2-8H,1H3.